The molecule has 3 heterocycles. The summed E-state index contributed by atoms with van der Waals surface area (Å²) in [5.41, 5.74) is 4.42. The number of methoxy groups -OCH3 is 2. The number of carbonyl (C=O) groups is 2. The number of sulfonamides is 1. The molecule has 13 heteroatoms. The zero-order valence-corrected chi connectivity index (χ0v) is 30.9. The molecule has 270 valence electrons. The fraction of sp³-hybridized carbons (Fsp3) is 0.395. The molecule has 2 aliphatic heterocycles. The smallest absolute Gasteiger partial charge is 0.264 e. The lowest BCUT2D eigenvalue weighted by molar-refractivity contribution is 0.0572. The van der Waals surface area contributed by atoms with E-state index in [1.54, 1.807) is 50.9 Å². The van der Waals surface area contributed by atoms with E-state index in [-0.39, 0.29) is 29.3 Å². The maximum Gasteiger partial charge on any atom is 0.264 e. The van der Waals surface area contributed by atoms with Crippen molar-refractivity contribution in [3.63, 3.8) is 0 Å². The van der Waals surface area contributed by atoms with Gasteiger partial charge in [-0.05, 0) is 69.0 Å². The number of rotatable bonds is 13. The highest BCUT2D eigenvalue weighted by Gasteiger charge is 2.43. The molecular formula is C38H46N6O6S. The first-order valence-electron chi connectivity index (χ1n) is 17.2. The van der Waals surface area contributed by atoms with Crippen molar-refractivity contribution < 1.29 is 27.5 Å². The topological polar surface area (TPSA) is 126 Å². The predicted octanol–water partition coefficient (Wildman–Crippen LogP) is 5.03. The third kappa shape index (κ3) is 6.97. The molecule has 0 radical (unpaired) electrons. The number of fused-ring (bicyclic) bond motifs is 1. The van der Waals surface area contributed by atoms with Crippen molar-refractivity contribution in [3.8, 4) is 11.5 Å². The van der Waals surface area contributed by atoms with Gasteiger partial charge < -0.3 is 14.4 Å². The average Bonchev–Trinajstić information content (AvgIpc) is 3.56. The Kier molecular flexibility index (Phi) is 10.5. The van der Waals surface area contributed by atoms with Crippen LogP contribution in [0.3, 0.4) is 0 Å². The van der Waals surface area contributed by atoms with Crippen LogP contribution in [0.5, 0.6) is 11.5 Å². The van der Waals surface area contributed by atoms with Crippen LogP contribution in [0.15, 0.2) is 71.6 Å². The molecule has 2 amide bonds. The number of aromatic nitrogens is 2. The van der Waals surface area contributed by atoms with Crippen molar-refractivity contribution in [1.82, 2.24) is 24.3 Å². The summed E-state index contributed by atoms with van der Waals surface area (Å²) < 4.78 is 41.8. The highest BCUT2D eigenvalue weighted by Crippen LogP contribution is 2.41. The van der Waals surface area contributed by atoms with Gasteiger partial charge in [0.15, 0.2) is 11.5 Å². The molecule has 1 N–H and O–H groups in total. The molecule has 1 fully saturated rings. The Labute approximate surface area is 300 Å². The summed E-state index contributed by atoms with van der Waals surface area (Å²) in [5.74, 6) is 0.228. The SMILES string of the molecule is COc1ccc(C(CCCNS(=O)(=O)c2c(C)nn(C)c2C)N2C(=O)c3cccc(N4CCN([C@H](C)c5ccccc5)CC4)c3C2=O)cc1OC. The molecule has 2 atom stereocenters. The Hall–Kier alpha value is -4.72. The largest absolute Gasteiger partial charge is 0.493 e. The first kappa shape index (κ1) is 36.1. The van der Waals surface area contributed by atoms with Crippen LogP contribution >= 0.6 is 0 Å². The van der Waals surface area contributed by atoms with Gasteiger partial charge in [0.2, 0.25) is 10.0 Å². The van der Waals surface area contributed by atoms with Crippen molar-refractivity contribution in [2.75, 3.05) is 51.8 Å². The first-order valence-corrected chi connectivity index (χ1v) is 18.7. The summed E-state index contributed by atoms with van der Waals surface area (Å²) in [6, 6.07) is 20.8. The lowest BCUT2D eigenvalue weighted by atomic mass is 9.99. The minimum absolute atomic E-state index is 0.0972. The monoisotopic (exact) mass is 714 g/mol. The second-order valence-corrected chi connectivity index (χ2v) is 14.8. The third-order valence-corrected chi connectivity index (χ3v) is 11.9. The fourth-order valence-electron chi connectivity index (χ4n) is 7.35. The lowest BCUT2D eigenvalue weighted by Gasteiger charge is -2.39. The Morgan fingerprint density at radius 2 is 1.57 bits per heavy atom. The number of imide groups is 1. The van der Waals surface area contributed by atoms with Gasteiger partial charge in [-0.15, -0.1) is 0 Å². The predicted molar refractivity (Wildman–Crippen MR) is 195 cm³/mol. The van der Waals surface area contributed by atoms with E-state index < -0.39 is 16.1 Å². The van der Waals surface area contributed by atoms with Crippen molar-refractivity contribution in [1.29, 1.82) is 0 Å². The number of nitrogens with zero attached hydrogens (tertiary/aromatic N) is 5. The van der Waals surface area contributed by atoms with Crippen LogP contribution in [0.25, 0.3) is 0 Å². The second kappa shape index (κ2) is 14.9. The summed E-state index contributed by atoms with van der Waals surface area (Å²) >= 11 is 0. The van der Waals surface area contributed by atoms with Crippen molar-refractivity contribution in [2.24, 2.45) is 7.05 Å². The summed E-state index contributed by atoms with van der Waals surface area (Å²) in [6.45, 7) is 8.74. The fourth-order valence-corrected chi connectivity index (χ4v) is 8.85. The molecule has 0 saturated carbocycles. The summed E-state index contributed by atoms with van der Waals surface area (Å²) in [4.78, 5) is 34.8. The molecule has 4 aromatic rings. The van der Waals surface area contributed by atoms with E-state index in [2.05, 4.69) is 50.8 Å². The standard InChI is InChI=1S/C38H46N6O6S/c1-25-36(27(3)41(4)40-25)51(47,48)39-19-11-16-31(29-17-18-33(49-5)34(24-29)50-6)44-37(45)30-14-10-15-32(35(30)38(44)46)43-22-20-42(21-23-43)26(2)28-12-8-7-9-13-28/h7-10,12-15,17-18,24,26,31,39H,11,16,19-23H2,1-6H3/t26-,31?/m1/s1. The van der Waals surface area contributed by atoms with E-state index >= 15 is 0 Å². The minimum Gasteiger partial charge on any atom is -0.493 e. The number of anilines is 1. The molecule has 51 heavy (non-hydrogen) atoms. The molecule has 1 aromatic heterocycles. The van der Waals surface area contributed by atoms with E-state index in [1.807, 2.05) is 24.3 Å². The van der Waals surface area contributed by atoms with Gasteiger partial charge in [0.25, 0.3) is 11.8 Å². The zero-order valence-electron chi connectivity index (χ0n) is 30.0. The van der Waals surface area contributed by atoms with Gasteiger partial charge in [-0.25, -0.2) is 13.1 Å². The zero-order chi connectivity index (χ0) is 36.4. The Morgan fingerprint density at radius 3 is 2.22 bits per heavy atom. The van der Waals surface area contributed by atoms with E-state index in [4.69, 9.17) is 9.47 Å². The van der Waals surface area contributed by atoms with Crippen LogP contribution in [0.4, 0.5) is 5.69 Å². The Balaban J connectivity index is 1.24. The van der Waals surface area contributed by atoms with Crippen LogP contribution < -0.4 is 19.1 Å². The minimum atomic E-state index is -3.84. The Morgan fingerprint density at radius 1 is 0.863 bits per heavy atom. The maximum absolute atomic E-state index is 14.5. The lowest BCUT2D eigenvalue weighted by Crippen LogP contribution is -2.47. The number of ether oxygens (including phenoxy) is 2. The van der Waals surface area contributed by atoms with Crippen LogP contribution in [0.2, 0.25) is 0 Å². The van der Waals surface area contributed by atoms with Crippen LogP contribution in [-0.4, -0.2) is 86.8 Å². The molecular weight excluding hydrogens is 669 g/mol. The highest BCUT2D eigenvalue weighted by atomic mass is 32.2. The third-order valence-electron chi connectivity index (χ3n) is 10.2. The molecule has 12 nitrogen and oxygen atoms in total. The summed E-state index contributed by atoms with van der Waals surface area (Å²) in [6.07, 6.45) is 0.651. The van der Waals surface area contributed by atoms with Crippen LogP contribution in [0.1, 0.15) is 75.1 Å². The quantitative estimate of drug-likeness (QED) is 0.150. The Bertz CT molecular complexity index is 2020. The molecule has 1 unspecified atom stereocenters. The number of carbonyl (C=O) groups excluding carboxylic acids is 2. The van der Waals surface area contributed by atoms with E-state index in [0.717, 1.165) is 18.8 Å². The van der Waals surface area contributed by atoms with Gasteiger partial charge in [0.05, 0.1) is 48.5 Å². The molecule has 2 aliphatic rings. The second-order valence-electron chi connectivity index (χ2n) is 13.1. The van der Waals surface area contributed by atoms with Crippen molar-refractivity contribution in [3.05, 3.63) is 100 Å². The number of aryl methyl sites for hydroxylation is 2. The summed E-state index contributed by atoms with van der Waals surface area (Å²) in [7, 11) is 0.939. The first-order chi connectivity index (χ1) is 24.5. The number of benzene rings is 3. The number of hydrogen-bond donors (Lipinski definition) is 1. The molecule has 6 rings (SSSR count). The molecule has 0 bridgehead atoms. The molecule has 1 saturated heterocycles. The number of nitrogens with one attached hydrogen (secondary N) is 1. The van der Waals surface area contributed by atoms with Gasteiger partial charge >= 0.3 is 0 Å². The number of piperazine rings is 1. The van der Waals surface area contributed by atoms with Gasteiger partial charge in [-0.1, -0.05) is 42.5 Å². The van der Waals surface area contributed by atoms with Gasteiger partial charge in [0.1, 0.15) is 4.90 Å². The normalized spacial score (nSPS) is 16.4. The highest BCUT2D eigenvalue weighted by molar-refractivity contribution is 7.89. The average molecular weight is 715 g/mol. The van der Waals surface area contributed by atoms with Crippen molar-refractivity contribution in [2.45, 2.75) is 50.6 Å². The maximum atomic E-state index is 14.5. The van der Waals surface area contributed by atoms with Crippen LogP contribution in [-0.2, 0) is 17.1 Å². The van der Waals surface area contributed by atoms with E-state index in [9.17, 15) is 18.0 Å². The molecule has 3 aromatic carbocycles. The van der Waals surface area contributed by atoms with Gasteiger partial charge in [-0.2, -0.15) is 5.10 Å². The number of amides is 2. The van der Waals surface area contributed by atoms with E-state index in [0.29, 0.717) is 65.5 Å². The number of hydrogen-bond acceptors (Lipinski definition) is 9. The molecule has 0 spiro atoms. The van der Waals surface area contributed by atoms with Gasteiger partial charge in [-0.3, -0.25) is 24.1 Å². The van der Waals surface area contributed by atoms with E-state index in [1.165, 1.54) is 17.6 Å². The van der Waals surface area contributed by atoms with Crippen molar-refractivity contribution >= 4 is 27.5 Å². The summed E-state index contributed by atoms with van der Waals surface area (Å²) in [5, 5.41) is 4.24. The van der Waals surface area contributed by atoms with Crippen LogP contribution in [0, 0.1) is 13.8 Å². The van der Waals surface area contributed by atoms with Gasteiger partial charge in [0, 0.05) is 45.8 Å². The molecule has 0 aliphatic carbocycles.